The number of thioether (sulfide) groups is 1. The van der Waals surface area contributed by atoms with E-state index >= 15 is 0 Å². The minimum Gasteiger partial charge on any atom is -0.457 e. The maximum atomic E-state index is 7.21. The summed E-state index contributed by atoms with van der Waals surface area (Å²) in [5.41, 5.74) is 6.02. The van der Waals surface area contributed by atoms with Gasteiger partial charge in [-0.15, -0.1) is 11.8 Å². The smallest absolute Gasteiger partial charge is 0.133 e. The molecule has 2 aliphatic heterocycles. The number of ether oxygens (including phenoxy) is 6. The Morgan fingerprint density at radius 3 is 1.33 bits per heavy atom. The minimum absolute atomic E-state index is 0.0820. The molecule has 5 atom stereocenters. The Bertz CT molecular complexity index is 1980. The summed E-state index contributed by atoms with van der Waals surface area (Å²) in [6.45, 7) is 1.93. The molecule has 0 amide bonds. The number of rotatable bonds is 15. The Morgan fingerprint density at radius 1 is 0.426 bits per heavy atom. The number of para-hydroxylation sites is 2. The normalized spacial score (nSPS) is 20.8. The van der Waals surface area contributed by atoms with E-state index < -0.39 is 29.9 Å². The number of hydrogen-bond donors (Lipinski definition) is 0. The van der Waals surface area contributed by atoms with Gasteiger partial charge in [-0.05, 0) is 34.4 Å². The minimum atomic E-state index is -0.507. The zero-order chi connectivity index (χ0) is 36.4. The number of hydrogen-bond acceptors (Lipinski definition) is 7. The van der Waals surface area contributed by atoms with Gasteiger partial charge in [0.2, 0.25) is 0 Å². The molecule has 7 heteroatoms. The van der Waals surface area contributed by atoms with Gasteiger partial charge < -0.3 is 28.4 Å². The van der Waals surface area contributed by atoms with Gasteiger partial charge in [0.1, 0.15) is 41.4 Å². The lowest BCUT2D eigenvalue weighted by molar-refractivity contribution is -0.254. The van der Waals surface area contributed by atoms with Crippen molar-refractivity contribution in [3.63, 3.8) is 0 Å². The molecule has 1 saturated heterocycles. The monoisotopic (exact) mass is 736 g/mol. The van der Waals surface area contributed by atoms with Crippen molar-refractivity contribution in [3.8, 4) is 11.5 Å². The van der Waals surface area contributed by atoms with Crippen LogP contribution in [0.25, 0.3) is 0 Å². The van der Waals surface area contributed by atoms with Gasteiger partial charge in [0, 0.05) is 11.1 Å². The third-order valence-corrected chi connectivity index (χ3v) is 11.2. The van der Waals surface area contributed by atoms with Crippen molar-refractivity contribution >= 4 is 11.8 Å². The van der Waals surface area contributed by atoms with E-state index in [9.17, 15) is 0 Å². The van der Waals surface area contributed by atoms with E-state index in [4.69, 9.17) is 28.4 Å². The van der Waals surface area contributed by atoms with Crippen molar-refractivity contribution < 1.29 is 28.4 Å². The zero-order valence-corrected chi connectivity index (χ0v) is 30.8. The molecule has 0 aliphatic carbocycles. The fourth-order valence-electron chi connectivity index (χ4n) is 7.00. The van der Waals surface area contributed by atoms with Gasteiger partial charge in [0.05, 0.1) is 38.3 Å². The lowest BCUT2D eigenvalue weighted by Gasteiger charge is -2.47. The van der Waals surface area contributed by atoms with Crippen molar-refractivity contribution in [1.29, 1.82) is 0 Å². The molecule has 0 bridgehead atoms. The van der Waals surface area contributed by atoms with Crippen LogP contribution in [0.1, 0.15) is 38.6 Å². The summed E-state index contributed by atoms with van der Waals surface area (Å²) in [5.74, 6) is 1.69. The lowest BCUT2D eigenvalue weighted by atomic mass is 9.98. The molecule has 0 radical (unpaired) electrons. The third-order valence-electron chi connectivity index (χ3n) is 9.73. The predicted molar refractivity (Wildman–Crippen MR) is 212 cm³/mol. The maximum absolute atomic E-state index is 7.21. The van der Waals surface area contributed by atoms with Crippen molar-refractivity contribution in [2.45, 2.75) is 61.5 Å². The van der Waals surface area contributed by atoms with Gasteiger partial charge in [-0.3, -0.25) is 0 Å². The first-order chi connectivity index (χ1) is 26.8. The topological polar surface area (TPSA) is 55.4 Å². The number of fused-ring (bicyclic) bond motifs is 2. The lowest BCUT2D eigenvalue weighted by Crippen LogP contribution is -2.60. The van der Waals surface area contributed by atoms with Crippen LogP contribution in [0, 0.1) is 0 Å². The third kappa shape index (κ3) is 8.96. The molecule has 54 heavy (non-hydrogen) atoms. The Labute approximate surface area is 322 Å². The Balaban J connectivity index is 1.16. The standard InChI is InChI=1S/C47H44O6S/c1-5-17-34(18-6-1)29-48-33-42-43(49-30-35-19-7-2-8-20-35)44(50-31-36-21-9-3-10-22-36)45(51-32-37-23-11-4-12-24-37)47(53-42)54-46-38-25-13-15-27-40(38)52-41-28-16-14-26-39(41)46/h1-28,42-47H,29-33H2/t42-,43-,44+,45-,47+/m1/s1. The van der Waals surface area contributed by atoms with Crippen LogP contribution in [-0.4, -0.2) is 36.5 Å². The van der Waals surface area contributed by atoms with Crippen LogP contribution >= 0.6 is 11.8 Å². The van der Waals surface area contributed by atoms with Crippen LogP contribution < -0.4 is 4.74 Å². The Kier molecular flexibility index (Phi) is 12.1. The molecule has 6 aromatic rings. The van der Waals surface area contributed by atoms with Crippen LogP contribution in [0.5, 0.6) is 11.5 Å². The quantitative estimate of drug-likeness (QED) is 0.104. The van der Waals surface area contributed by atoms with E-state index in [0.717, 1.165) is 44.9 Å². The van der Waals surface area contributed by atoms with Crippen LogP contribution in [0.3, 0.4) is 0 Å². The highest BCUT2D eigenvalue weighted by Gasteiger charge is 2.50. The first-order valence-electron chi connectivity index (χ1n) is 18.5. The van der Waals surface area contributed by atoms with E-state index in [2.05, 4.69) is 72.8 Å². The molecule has 274 valence electrons. The van der Waals surface area contributed by atoms with Gasteiger partial charge in [0.15, 0.2) is 0 Å². The van der Waals surface area contributed by atoms with Gasteiger partial charge in [-0.2, -0.15) is 0 Å². The highest BCUT2D eigenvalue weighted by atomic mass is 32.2. The molecule has 0 saturated carbocycles. The summed E-state index contributed by atoms with van der Waals surface area (Å²) in [4.78, 5) is 0. The first-order valence-corrected chi connectivity index (χ1v) is 19.5. The summed E-state index contributed by atoms with van der Waals surface area (Å²) in [6.07, 6.45) is -1.97. The molecule has 2 heterocycles. The van der Waals surface area contributed by atoms with Gasteiger partial charge in [-0.1, -0.05) is 158 Å². The highest BCUT2D eigenvalue weighted by molar-refractivity contribution is 8.00. The molecule has 6 nitrogen and oxygen atoms in total. The van der Waals surface area contributed by atoms with Crippen LogP contribution in [-0.2, 0) is 50.1 Å². The molecular weight excluding hydrogens is 693 g/mol. The van der Waals surface area contributed by atoms with Gasteiger partial charge in [-0.25, -0.2) is 0 Å². The maximum Gasteiger partial charge on any atom is 0.133 e. The molecule has 0 aromatic heterocycles. The number of benzene rings is 6. The molecule has 0 N–H and O–H groups in total. The van der Waals surface area contributed by atoms with E-state index in [-0.39, 0.29) is 5.25 Å². The van der Waals surface area contributed by atoms with E-state index in [1.165, 1.54) is 0 Å². The summed E-state index contributed by atoms with van der Waals surface area (Å²) in [7, 11) is 0. The predicted octanol–water partition coefficient (Wildman–Crippen LogP) is 10.3. The van der Waals surface area contributed by atoms with E-state index in [0.29, 0.717) is 33.0 Å². The average Bonchev–Trinajstić information content (AvgIpc) is 3.23. The van der Waals surface area contributed by atoms with Crippen molar-refractivity contribution in [1.82, 2.24) is 0 Å². The molecule has 0 unspecified atom stereocenters. The zero-order valence-electron chi connectivity index (χ0n) is 30.0. The summed E-state index contributed by atoms with van der Waals surface area (Å²) in [5, 5.41) is -0.0820. The van der Waals surface area contributed by atoms with Gasteiger partial charge >= 0.3 is 0 Å². The van der Waals surface area contributed by atoms with Crippen molar-refractivity contribution in [2.75, 3.05) is 6.61 Å². The van der Waals surface area contributed by atoms with Crippen molar-refractivity contribution in [2.24, 2.45) is 0 Å². The van der Waals surface area contributed by atoms with Gasteiger partial charge in [0.25, 0.3) is 0 Å². The summed E-state index contributed by atoms with van der Waals surface area (Å²) >= 11 is 1.73. The second-order valence-electron chi connectivity index (χ2n) is 13.5. The summed E-state index contributed by atoms with van der Waals surface area (Å²) < 4.78 is 40.9. The van der Waals surface area contributed by atoms with E-state index in [1.54, 1.807) is 11.8 Å². The fourth-order valence-corrected chi connectivity index (χ4v) is 8.55. The Morgan fingerprint density at radius 2 is 0.833 bits per heavy atom. The first kappa shape index (κ1) is 36.3. The Hall–Kier alpha value is -4.73. The van der Waals surface area contributed by atoms with Crippen LogP contribution in [0.15, 0.2) is 170 Å². The average molecular weight is 737 g/mol. The largest absolute Gasteiger partial charge is 0.457 e. The van der Waals surface area contributed by atoms with Crippen molar-refractivity contribution in [3.05, 3.63) is 203 Å². The summed E-state index contributed by atoms with van der Waals surface area (Å²) in [6, 6.07) is 57.5. The molecule has 2 aliphatic rings. The molecular formula is C47H44O6S. The van der Waals surface area contributed by atoms with Crippen LogP contribution in [0.2, 0.25) is 0 Å². The second kappa shape index (κ2) is 18.1. The molecule has 0 spiro atoms. The molecule has 1 fully saturated rings. The highest BCUT2D eigenvalue weighted by Crippen LogP contribution is 2.52. The molecule has 6 aromatic carbocycles. The SMILES string of the molecule is c1ccc(COC[C@H]2O[C@@H](SC3c4ccccc4Oc4ccccc43)[C@H](OCc3ccccc3)[C@@H](OCc3ccccc3)[C@@H]2OCc2ccccc2)cc1. The second-order valence-corrected chi connectivity index (χ2v) is 14.7. The van der Waals surface area contributed by atoms with E-state index in [1.807, 2.05) is 97.1 Å². The fraction of sp³-hybridized carbons (Fsp3) is 0.234. The molecule has 8 rings (SSSR count). The van der Waals surface area contributed by atoms with Crippen LogP contribution in [0.4, 0.5) is 0 Å².